The van der Waals surface area contributed by atoms with Crippen molar-refractivity contribution in [3.63, 3.8) is 0 Å². The quantitative estimate of drug-likeness (QED) is 0.431. The molecule has 6 N–H and O–H groups in total. The van der Waals surface area contributed by atoms with Gasteiger partial charge >= 0.3 is 10.4 Å². The molecular weight excluding hydrogens is 228 g/mol. The molecule has 15 heavy (non-hydrogen) atoms. The average molecular weight is 238 g/mol. The number of aliphatic hydroxyl groups excluding tert-OH is 1. The summed E-state index contributed by atoms with van der Waals surface area (Å²) in [6.07, 6.45) is 0.0951. The van der Waals surface area contributed by atoms with Gasteiger partial charge in [-0.05, 0) is 0 Å². The van der Waals surface area contributed by atoms with E-state index < -0.39 is 10.4 Å². The van der Waals surface area contributed by atoms with Crippen molar-refractivity contribution in [1.29, 1.82) is 0 Å². The zero-order valence-corrected chi connectivity index (χ0v) is 8.31. The second kappa shape index (κ2) is 3.92. The highest BCUT2D eigenvalue weighted by molar-refractivity contribution is 7.81. The van der Waals surface area contributed by atoms with Gasteiger partial charge in [-0.25, -0.2) is 4.28 Å². The Kier molecular flexibility index (Phi) is 3.02. The van der Waals surface area contributed by atoms with Crippen LogP contribution in [0, 0.1) is 0 Å². The predicted octanol–water partition coefficient (Wildman–Crippen LogP) is -2.19. The van der Waals surface area contributed by atoms with E-state index >= 15 is 0 Å². The molecule has 86 valence electrons. The molecule has 0 aromatic carbocycles. The van der Waals surface area contributed by atoms with E-state index in [1.165, 1.54) is 0 Å². The van der Waals surface area contributed by atoms with Gasteiger partial charge in [0.1, 0.15) is 5.69 Å². The molecule has 0 aliphatic rings. The van der Waals surface area contributed by atoms with Crippen LogP contribution < -0.4 is 15.8 Å². The topological polar surface area (TPSA) is 154 Å². The summed E-state index contributed by atoms with van der Waals surface area (Å²) < 4.78 is 33.1. The van der Waals surface area contributed by atoms with Gasteiger partial charge in [-0.3, -0.25) is 4.55 Å². The van der Waals surface area contributed by atoms with E-state index in [-0.39, 0.29) is 30.2 Å². The fourth-order valence-electron chi connectivity index (χ4n) is 0.905. The van der Waals surface area contributed by atoms with Crippen LogP contribution in [0.3, 0.4) is 0 Å². The summed E-state index contributed by atoms with van der Waals surface area (Å²) in [5, 5.41) is 12.2. The minimum absolute atomic E-state index is 0.00676. The lowest BCUT2D eigenvalue weighted by Crippen LogP contribution is -2.22. The zero-order valence-electron chi connectivity index (χ0n) is 7.49. The normalized spacial score (nSPS) is 11.6. The number of hydrogen-bond donors (Lipinski definition) is 4. The molecule has 0 aliphatic heterocycles. The third-order valence-electron chi connectivity index (χ3n) is 1.52. The Hall–Kier alpha value is -1.52. The van der Waals surface area contributed by atoms with Crippen molar-refractivity contribution in [3.8, 4) is 0 Å². The molecule has 0 fully saturated rings. The van der Waals surface area contributed by atoms with Gasteiger partial charge in [-0.1, -0.05) is 4.85 Å². The Morgan fingerprint density at radius 2 is 2.07 bits per heavy atom. The van der Waals surface area contributed by atoms with Crippen molar-refractivity contribution in [2.75, 3.05) is 18.1 Å². The number of nitrogens with zero attached hydrogens (tertiary/aromatic N) is 2. The number of nitrogens with two attached hydrogens (primary N) is 2. The van der Waals surface area contributed by atoms with Crippen molar-refractivity contribution in [1.82, 2.24) is 9.94 Å². The zero-order chi connectivity index (χ0) is 11.6. The highest BCUT2D eigenvalue weighted by Gasteiger charge is 2.17. The summed E-state index contributed by atoms with van der Waals surface area (Å²) in [6, 6.07) is 0. The number of rotatable bonds is 4. The van der Waals surface area contributed by atoms with Gasteiger partial charge in [0, 0.05) is 13.0 Å². The first-order valence-corrected chi connectivity index (χ1v) is 5.12. The summed E-state index contributed by atoms with van der Waals surface area (Å²) in [6.45, 7) is -0.230. The summed E-state index contributed by atoms with van der Waals surface area (Å²) in [5.41, 5.74) is 10.9. The minimum atomic E-state index is -4.72. The van der Waals surface area contributed by atoms with Crippen LogP contribution in [0.2, 0.25) is 0 Å². The second-order valence-electron chi connectivity index (χ2n) is 2.59. The molecule has 0 unspecified atom stereocenters. The van der Waals surface area contributed by atoms with Crippen LogP contribution in [0.25, 0.3) is 0 Å². The summed E-state index contributed by atoms with van der Waals surface area (Å²) in [7, 11) is -4.72. The van der Waals surface area contributed by atoms with Crippen LogP contribution in [0.1, 0.15) is 5.69 Å². The number of aromatic nitrogens is 2. The minimum Gasteiger partial charge on any atom is -0.396 e. The van der Waals surface area contributed by atoms with E-state index in [1.807, 2.05) is 0 Å². The van der Waals surface area contributed by atoms with Gasteiger partial charge < -0.3 is 16.6 Å². The summed E-state index contributed by atoms with van der Waals surface area (Å²) in [4.78, 5) is 0.371. The Bertz CT molecular complexity index is 452. The van der Waals surface area contributed by atoms with Gasteiger partial charge in [-0.2, -0.15) is 8.42 Å². The van der Waals surface area contributed by atoms with E-state index in [4.69, 9.17) is 21.1 Å². The van der Waals surface area contributed by atoms with Crippen molar-refractivity contribution < 1.29 is 22.4 Å². The Balaban J connectivity index is 3.05. The fraction of sp³-hybridized carbons (Fsp3) is 0.400. The van der Waals surface area contributed by atoms with E-state index in [2.05, 4.69) is 9.38 Å². The monoisotopic (exact) mass is 238 g/mol. The molecule has 0 radical (unpaired) electrons. The number of anilines is 2. The van der Waals surface area contributed by atoms with Gasteiger partial charge in [0.15, 0.2) is 5.82 Å². The molecule has 0 aliphatic carbocycles. The Morgan fingerprint density at radius 1 is 1.47 bits per heavy atom. The smallest absolute Gasteiger partial charge is 0.396 e. The van der Waals surface area contributed by atoms with Gasteiger partial charge in [0.05, 0.1) is 5.69 Å². The predicted molar refractivity (Wildman–Crippen MR) is 50.0 cm³/mol. The molecule has 0 saturated heterocycles. The molecule has 0 spiro atoms. The second-order valence-corrected chi connectivity index (χ2v) is 3.60. The van der Waals surface area contributed by atoms with Crippen LogP contribution >= 0.6 is 0 Å². The lowest BCUT2D eigenvalue weighted by atomic mass is 10.3. The molecular formula is C5H10N4O5S. The maximum Gasteiger partial charge on any atom is 0.466 e. The number of aliphatic hydroxyl groups is 1. The highest BCUT2D eigenvalue weighted by atomic mass is 32.3. The largest absolute Gasteiger partial charge is 0.466 e. The highest BCUT2D eigenvalue weighted by Crippen LogP contribution is 2.18. The van der Waals surface area contributed by atoms with E-state index in [9.17, 15) is 8.42 Å². The van der Waals surface area contributed by atoms with Crippen LogP contribution in [0.15, 0.2) is 0 Å². The van der Waals surface area contributed by atoms with Crippen LogP contribution in [-0.2, 0) is 16.8 Å². The van der Waals surface area contributed by atoms with Crippen molar-refractivity contribution in [2.24, 2.45) is 0 Å². The molecule has 10 heteroatoms. The average Bonchev–Trinajstić information content (AvgIpc) is 2.32. The van der Waals surface area contributed by atoms with Crippen molar-refractivity contribution in [2.45, 2.75) is 6.42 Å². The Labute approximate surface area is 85.1 Å². The molecule has 9 nitrogen and oxygen atoms in total. The third kappa shape index (κ3) is 2.71. The van der Waals surface area contributed by atoms with Gasteiger partial charge in [0.25, 0.3) is 0 Å². The SMILES string of the molecule is Nc1c(CCO)nn(OS(=O)(=O)O)c1N. The first kappa shape index (κ1) is 11.6. The van der Waals surface area contributed by atoms with E-state index in [0.717, 1.165) is 0 Å². The lowest BCUT2D eigenvalue weighted by Gasteiger charge is -2.00. The van der Waals surface area contributed by atoms with Crippen molar-refractivity contribution in [3.05, 3.63) is 5.69 Å². The Morgan fingerprint density at radius 3 is 2.53 bits per heavy atom. The summed E-state index contributed by atoms with van der Waals surface area (Å²) in [5.74, 6) is -0.268. The molecule has 0 atom stereocenters. The standard InChI is InChI=1S/C5H10N4O5S/c6-4-3(1-2-10)8-9(5(4)7)14-15(11,12)13/h10H,1-2,6-7H2,(H,11,12,13). The van der Waals surface area contributed by atoms with Crippen LogP contribution in [0.4, 0.5) is 11.5 Å². The third-order valence-corrected chi connectivity index (χ3v) is 1.85. The molecule has 1 aromatic heterocycles. The van der Waals surface area contributed by atoms with E-state index in [1.54, 1.807) is 0 Å². The fourth-order valence-corrected chi connectivity index (χ4v) is 1.20. The van der Waals surface area contributed by atoms with Gasteiger partial charge in [-0.15, -0.1) is 5.10 Å². The first-order valence-electron chi connectivity index (χ1n) is 3.76. The van der Waals surface area contributed by atoms with Crippen LogP contribution in [-0.4, -0.2) is 34.6 Å². The van der Waals surface area contributed by atoms with E-state index in [0.29, 0.717) is 4.85 Å². The molecule has 0 amide bonds. The maximum absolute atomic E-state index is 10.4. The van der Waals surface area contributed by atoms with Gasteiger partial charge in [0.2, 0.25) is 0 Å². The van der Waals surface area contributed by atoms with Crippen LogP contribution in [0.5, 0.6) is 0 Å². The molecule has 1 rings (SSSR count). The molecule has 0 saturated carbocycles. The lowest BCUT2D eigenvalue weighted by molar-refractivity contribution is 0.211. The molecule has 1 aromatic rings. The maximum atomic E-state index is 10.4. The molecule has 1 heterocycles. The number of nitrogen functional groups attached to an aromatic ring is 2. The number of hydrogen-bond acceptors (Lipinski definition) is 7. The van der Waals surface area contributed by atoms with Crippen molar-refractivity contribution >= 4 is 21.9 Å². The molecule has 0 bridgehead atoms. The first-order chi connectivity index (χ1) is 6.85. The summed E-state index contributed by atoms with van der Waals surface area (Å²) >= 11 is 0.